The zero-order chi connectivity index (χ0) is 20.7. The predicted molar refractivity (Wildman–Crippen MR) is 132 cm³/mol. The van der Waals surface area contributed by atoms with Crippen LogP contribution in [0.3, 0.4) is 0 Å². The molecule has 0 unspecified atom stereocenters. The lowest BCUT2D eigenvalue weighted by atomic mass is 9.95. The Morgan fingerprint density at radius 3 is 2.57 bits per heavy atom. The third kappa shape index (κ3) is 5.87. The second kappa shape index (κ2) is 11.2. The van der Waals surface area contributed by atoms with Crippen LogP contribution in [0.2, 0.25) is 0 Å². The Morgan fingerprint density at radius 2 is 1.90 bits per heavy atom. The number of guanidine groups is 1. The molecule has 1 fully saturated rings. The van der Waals surface area contributed by atoms with E-state index in [-0.39, 0.29) is 35.3 Å². The second-order valence-electron chi connectivity index (χ2n) is 7.36. The van der Waals surface area contributed by atoms with E-state index in [4.69, 9.17) is 4.74 Å². The van der Waals surface area contributed by atoms with Crippen LogP contribution in [0.15, 0.2) is 53.5 Å². The van der Waals surface area contributed by atoms with Crippen molar-refractivity contribution in [2.75, 3.05) is 34.3 Å². The number of nitrogens with zero attached hydrogens (tertiary/aromatic N) is 1. The Morgan fingerprint density at radius 1 is 1.13 bits per heavy atom. The van der Waals surface area contributed by atoms with Crippen LogP contribution in [0.1, 0.15) is 34.3 Å². The molecule has 1 saturated carbocycles. The van der Waals surface area contributed by atoms with Crippen molar-refractivity contribution in [1.82, 2.24) is 16.0 Å². The molecule has 1 aliphatic rings. The quantitative estimate of drug-likeness (QED) is 0.283. The molecule has 1 aliphatic carbocycles. The predicted octanol–water partition coefficient (Wildman–Crippen LogP) is 3.11. The van der Waals surface area contributed by atoms with Gasteiger partial charge < -0.3 is 20.7 Å². The zero-order valence-corrected chi connectivity index (χ0v) is 20.2. The number of methoxy groups -OCH3 is 1. The van der Waals surface area contributed by atoms with Gasteiger partial charge in [-0.1, -0.05) is 30.3 Å². The number of hydrogen-bond acceptors (Lipinski definition) is 3. The average Bonchev–Trinajstić information content (AvgIpc) is 3.56. The topological polar surface area (TPSA) is 74.8 Å². The molecule has 162 valence electrons. The number of nitrogens with one attached hydrogen (secondary N) is 3. The highest BCUT2D eigenvalue weighted by Gasteiger charge is 2.46. The lowest BCUT2D eigenvalue weighted by Crippen LogP contribution is -2.42. The summed E-state index contributed by atoms with van der Waals surface area (Å²) >= 11 is 0. The first kappa shape index (κ1) is 24.0. The van der Waals surface area contributed by atoms with Crippen LogP contribution in [0, 0.1) is 0 Å². The second-order valence-corrected chi connectivity index (χ2v) is 7.36. The van der Waals surface area contributed by atoms with E-state index in [0.29, 0.717) is 5.56 Å². The molecule has 2 aromatic rings. The smallest absolute Gasteiger partial charge is 0.251 e. The van der Waals surface area contributed by atoms with Crippen LogP contribution in [-0.4, -0.2) is 46.2 Å². The summed E-state index contributed by atoms with van der Waals surface area (Å²) < 4.78 is 5.55. The van der Waals surface area contributed by atoms with Gasteiger partial charge in [0, 0.05) is 43.7 Å². The molecular formula is C23H31IN4O2. The fraction of sp³-hybridized carbons (Fsp3) is 0.391. The van der Waals surface area contributed by atoms with E-state index in [0.717, 1.165) is 49.6 Å². The van der Waals surface area contributed by atoms with Crippen molar-refractivity contribution in [2.24, 2.45) is 4.99 Å². The van der Waals surface area contributed by atoms with Crippen molar-refractivity contribution < 1.29 is 9.53 Å². The molecule has 7 heteroatoms. The van der Waals surface area contributed by atoms with E-state index >= 15 is 0 Å². The van der Waals surface area contributed by atoms with Gasteiger partial charge >= 0.3 is 0 Å². The van der Waals surface area contributed by atoms with Crippen LogP contribution >= 0.6 is 24.0 Å². The van der Waals surface area contributed by atoms with Crippen LogP contribution in [0.5, 0.6) is 5.75 Å². The third-order valence-corrected chi connectivity index (χ3v) is 5.47. The maximum absolute atomic E-state index is 11.8. The van der Waals surface area contributed by atoms with Crippen molar-refractivity contribution in [2.45, 2.75) is 24.7 Å². The molecule has 0 spiro atoms. The highest BCUT2D eigenvalue weighted by molar-refractivity contribution is 14.0. The summed E-state index contributed by atoms with van der Waals surface area (Å²) in [5.74, 6) is 1.67. The van der Waals surface area contributed by atoms with E-state index < -0.39 is 0 Å². The number of hydrogen-bond donors (Lipinski definition) is 3. The molecular weight excluding hydrogens is 491 g/mol. The number of benzene rings is 2. The first-order valence-corrected chi connectivity index (χ1v) is 10.0. The highest BCUT2D eigenvalue weighted by atomic mass is 127. The summed E-state index contributed by atoms with van der Waals surface area (Å²) in [6.07, 6.45) is 3.09. The Kier molecular flexibility index (Phi) is 8.95. The summed E-state index contributed by atoms with van der Waals surface area (Å²) in [4.78, 5) is 16.1. The van der Waals surface area contributed by atoms with Gasteiger partial charge in [-0.05, 0) is 43.0 Å². The van der Waals surface area contributed by atoms with Crippen molar-refractivity contribution in [3.8, 4) is 5.75 Å². The number of aliphatic imine (C=N–C) groups is 1. The lowest BCUT2D eigenvalue weighted by molar-refractivity contribution is 0.0963. The van der Waals surface area contributed by atoms with E-state index in [2.05, 4.69) is 33.1 Å². The number of amides is 1. The van der Waals surface area contributed by atoms with Gasteiger partial charge in [-0.15, -0.1) is 24.0 Å². The van der Waals surface area contributed by atoms with Crippen LogP contribution in [0.25, 0.3) is 0 Å². The molecule has 3 rings (SSSR count). The number of para-hydroxylation sites is 1. The molecule has 2 aromatic carbocycles. The van der Waals surface area contributed by atoms with E-state index in [1.54, 1.807) is 21.2 Å². The number of carbonyl (C=O) groups excluding carboxylic acids is 1. The maximum atomic E-state index is 11.8. The highest BCUT2D eigenvalue weighted by Crippen LogP contribution is 2.50. The minimum Gasteiger partial charge on any atom is -0.496 e. The van der Waals surface area contributed by atoms with Gasteiger partial charge in [-0.2, -0.15) is 0 Å². The van der Waals surface area contributed by atoms with Gasteiger partial charge in [0.2, 0.25) is 0 Å². The molecule has 3 N–H and O–H groups in total. The van der Waals surface area contributed by atoms with Crippen LogP contribution in [0.4, 0.5) is 0 Å². The Labute approximate surface area is 195 Å². The first-order chi connectivity index (χ1) is 14.1. The summed E-state index contributed by atoms with van der Waals surface area (Å²) in [7, 11) is 5.15. The molecule has 1 amide bonds. The van der Waals surface area contributed by atoms with Crippen molar-refractivity contribution in [3.05, 3.63) is 65.2 Å². The number of ether oxygens (including phenoxy) is 1. The van der Waals surface area contributed by atoms with Crippen molar-refractivity contribution in [3.63, 3.8) is 0 Å². The van der Waals surface area contributed by atoms with Gasteiger partial charge in [0.05, 0.1) is 7.11 Å². The number of rotatable bonds is 8. The molecule has 0 aromatic heterocycles. The van der Waals surface area contributed by atoms with E-state index in [1.165, 1.54) is 5.56 Å². The number of carbonyl (C=O) groups is 1. The molecule has 6 nitrogen and oxygen atoms in total. The van der Waals surface area contributed by atoms with Crippen molar-refractivity contribution >= 4 is 35.8 Å². The Hall–Kier alpha value is -2.29. The zero-order valence-electron chi connectivity index (χ0n) is 17.8. The number of halogens is 1. The molecule has 0 aliphatic heterocycles. The molecule has 30 heavy (non-hydrogen) atoms. The maximum Gasteiger partial charge on any atom is 0.251 e. The summed E-state index contributed by atoms with van der Waals surface area (Å²) in [5.41, 5.74) is 3.17. The normalized spacial score (nSPS) is 14.3. The SMILES string of the molecule is CN=C(NCCc1cccc(C(=O)NC)c1)NCC1(c2ccccc2OC)CC1.I. The van der Waals surface area contributed by atoms with Crippen molar-refractivity contribution in [1.29, 1.82) is 0 Å². The fourth-order valence-corrected chi connectivity index (χ4v) is 3.59. The lowest BCUT2D eigenvalue weighted by Gasteiger charge is -2.21. The largest absolute Gasteiger partial charge is 0.496 e. The summed E-state index contributed by atoms with van der Waals surface area (Å²) in [6, 6.07) is 15.9. The minimum absolute atomic E-state index is 0. The Balaban J connectivity index is 0.00000320. The molecule has 0 radical (unpaired) electrons. The third-order valence-electron chi connectivity index (χ3n) is 5.47. The molecule has 0 bridgehead atoms. The van der Waals surface area contributed by atoms with Gasteiger partial charge in [0.1, 0.15) is 5.75 Å². The monoisotopic (exact) mass is 522 g/mol. The van der Waals surface area contributed by atoms with Gasteiger partial charge in [-0.3, -0.25) is 9.79 Å². The van der Waals surface area contributed by atoms with E-state index in [1.807, 2.05) is 36.4 Å². The molecule has 0 atom stereocenters. The molecule has 0 heterocycles. The average molecular weight is 522 g/mol. The minimum atomic E-state index is -0.0663. The van der Waals surface area contributed by atoms with Gasteiger partial charge in [0.15, 0.2) is 5.96 Å². The fourth-order valence-electron chi connectivity index (χ4n) is 3.59. The molecule has 0 saturated heterocycles. The standard InChI is InChI=1S/C23H30N4O2.HI/c1-24-21(28)18-8-6-7-17(15-18)11-14-26-22(25-2)27-16-23(12-13-23)19-9-4-5-10-20(19)29-3;/h4-10,15H,11-14,16H2,1-3H3,(H,24,28)(H2,25,26,27);1H. The van der Waals surface area contributed by atoms with Crippen LogP contribution < -0.4 is 20.7 Å². The first-order valence-electron chi connectivity index (χ1n) is 10.0. The van der Waals surface area contributed by atoms with E-state index in [9.17, 15) is 4.79 Å². The summed E-state index contributed by atoms with van der Waals surface area (Å²) in [5, 5.41) is 9.49. The van der Waals surface area contributed by atoms with Gasteiger partial charge in [-0.25, -0.2) is 0 Å². The summed E-state index contributed by atoms with van der Waals surface area (Å²) in [6.45, 7) is 1.55. The van der Waals surface area contributed by atoms with Gasteiger partial charge in [0.25, 0.3) is 5.91 Å². The Bertz CT molecular complexity index is 881. The van der Waals surface area contributed by atoms with Crippen LogP contribution in [-0.2, 0) is 11.8 Å².